The average molecular weight is 699 g/mol. The van der Waals surface area contributed by atoms with E-state index in [1.54, 1.807) is 0 Å². The number of likely N-dealkylation sites (tertiary alicyclic amines) is 2. The van der Waals surface area contributed by atoms with Crippen LogP contribution in [0.25, 0.3) is 0 Å². The highest BCUT2D eigenvalue weighted by Gasteiger charge is 2.49. The van der Waals surface area contributed by atoms with Crippen LogP contribution in [0.1, 0.15) is 102 Å². The Morgan fingerprint density at radius 1 is 0.694 bits per heavy atom. The molecule has 2 saturated carbocycles. The van der Waals surface area contributed by atoms with E-state index in [0.29, 0.717) is 23.8 Å². The molecule has 8 nitrogen and oxygen atoms in total. The number of ether oxygens (including phenoxy) is 2. The van der Waals surface area contributed by atoms with Crippen LogP contribution in [0.2, 0.25) is 0 Å². The summed E-state index contributed by atoms with van der Waals surface area (Å²) in [5, 5.41) is 22.8. The monoisotopic (exact) mass is 698 g/mol. The Bertz CT molecular complexity index is 1290. The minimum atomic E-state index is -1.51. The lowest BCUT2D eigenvalue weighted by Gasteiger charge is -2.36. The van der Waals surface area contributed by atoms with Crippen LogP contribution < -0.4 is 0 Å². The first-order valence-electron chi connectivity index (χ1n) is 18.7. The molecule has 6 rings (SSSR count). The van der Waals surface area contributed by atoms with Crippen LogP contribution in [0.5, 0.6) is 0 Å². The van der Waals surface area contributed by atoms with Crippen molar-refractivity contribution < 1.29 is 29.3 Å². The van der Waals surface area contributed by atoms with Gasteiger partial charge in [0.15, 0.2) is 11.2 Å². The molecule has 0 spiro atoms. The first kappa shape index (κ1) is 39.3. The number of rotatable bonds is 11. The largest absolute Gasteiger partial charge is 0.462 e. The van der Waals surface area contributed by atoms with E-state index in [0.717, 1.165) is 110 Å². The van der Waals surface area contributed by atoms with E-state index in [9.17, 15) is 19.8 Å². The summed E-state index contributed by atoms with van der Waals surface area (Å²) in [5.41, 5.74) is -1.68. The molecule has 0 amide bonds. The summed E-state index contributed by atoms with van der Waals surface area (Å²) >= 11 is 0. The summed E-state index contributed by atoms with van der Waals surface area (Å²) in [6.45, 7) is 9.52. The molecule has 4 aliphatic rings. The third-order valence-electron chi connectivity index (χ3n) is 11.4. The zero-order valence-corrected chi connectivity index (χ0v) is 30.5. The molecule has 2 saturated heterocycles. The molecule has 49 heavy (non-hydrogen) atoms. The molecule has 9 heteroatoms. The number of nitrogens with zero attached hydrogens (tertiary/aromatic N) is 2. The van der Waals surface area contributed by atoms with Gasteiger partial charge in [0.05, 0.1) is 0 Å². The molecule has 2 aliphatic heterocycles. The van der Waals surface area contributed by atoms with E-state index in [2.05, 4.69) is 23.6 Å². The van der Waals surface area contributed by atoms with Crippen LogP contribution in [-0.4, -0.2) is 83.4 Å². The Kier molecular flexibility index (Phi) is 15.0. The third-order valence-corrected chi connectivity index (χ3v) is 11.4. The van der Waals surface area contributed by atoms with E-state index in [4.69, 9.17) is 9.47 Å². The molecule has 2 N–H and O–H groups in total. The summed E-state index contributed by atoms with van der Waals surface area (Å²) in [4.78, 5) is 30.6. The van der Waals surface area contributed by atoms with Gasteiger partial charge >= 0.3 is 11.9 Å². The molecule has 4 unspecified atom stereocenters. The summed E-state index contributed by atoms with van der Waals surface area (Å²) in [6.07, 6.45) is 11.8. The van der Waals surface area contributed by atoms with E-state index in [-0.39, 0.29) is 30.3 Å². The maximum absolute atomic E-state index is 13.0. The number of carbonyl (C=O) groups excluding carboxylic acids is 2. The van der Waals surface area contributed by atoms with Gasteiger partial charge in [-0.25, -0.2) is 9.59 Å². The number of likely N-dealkylation sites (N-methyl/N-ethyl adjacent to an activating group) is 2. The fourth-order valence-corrected chi connectivity index (χ4v) is 8.53. The number of benzene rings is 2. The molecule has 2 aromatic rings. The quantitative estimate of drug-likeness (QED) is 0.253. The maximum atomic E-state index is 13.0. The standard InChI is InChI=1S/2C20H29NO3.ClH/c1-2-21-14-8-13-18(21)15-24-19(22)20(23,17-11-6-7-12-17)16-9-4-3-5-10-16;1-2-21-14-8-13-18(15-21)24-19(22)20(23,17-11-6-7-12-17)16-9-4-3-5-10-16;/h2*3-5,9-10,17-18,23H,2,6-8,11-15H2,1H3;1H. The highest BCUT2D eigenvalue weighted by Crippen LogP contribution is 2.43. The summed E-state index contributed by atoms with van der Waals surface area (Å²) in [6, 6.07) is 19.0. The predicted octanol–water partition coefficient (Wildman–Crippen LogP) is 6.61. The van der Waals surface area contributed by atoms with Crippen molar-refractivity contribution in [3.05, 3.63) is 71.8 Å². The first-order chi connectivity index (χ1) is 23.3. The lowest BCUT2D eigenvalue weighted by Crippen LogP contribution is -2.47. The predicted molar refractivity (Wildman–Crippen MR) is 194 cm³/mol. The molecule has 2 aliphatic carbocycles. The van der Waals surface area contributed by atoms with Gasteiger partial charge in [-0.3, -0.25) is 9.80 Å². The van der Waals surface area contributed by atoms with E-state index >= 15 is 0 Å². The van der Waals surface area contributed by atoms with Crippen LogP contribution in [-0.2, 0) is 30.3 Å². The molecular formula is C40H59ClN2O6. The van der Waals surface area contributed by atoms with E-state index in [1.807, 2.05) is 60.7 Å². The zero-order chi connectivity index (χ0) is 34.0. The summed E-state index contributed by atoms with van der Waals surface area (Å²) in [5.74, 6) is -1.01. The number of carbonyl (C=O) groups is 2. The Balaban J connectivity index is 0.000000216. The SMILES string of the molecule is CCN1CCCC(OC(=O)C(O)(c2ccccc2)C2CCCC2)C1.CCN1CCCC1COC(=O)C(O)(c1ccccc1)C1CCCC1.Cl. The minimum Gasteiger partial charge on any atom is -0.462 e. The number of esters is 2. The number of aliphatic hydroxyl groups is 2. The summed E-state index contributed by atoms with van der Waals surface area (Å²) in [7, 11) is 0. The van der Waals surface area contributed by atoms with Gasteiger partial charge < -0.3 is 19.7 Å². The normalized spacial score (nSPS) is 24.6. The third kappa shape index (κ3) is 9.25. The lowest BCUT2D eigenvalue weighted by atomic mass is 9.80. The second-order valence-corrected chi connectivity index (χ2v) is 14.3. The van der Waals surface area contributed by atoms with Gasteiger partial charge in [0.25, 0.3) is 0 Å². The van der Waals surface area contributed by atoms with Gasteiger partial charge in [0.2, 0.25) is 0 Å². The van der Waals surface area contributed by atoms with Gasteiger partial charge in [-0.05, 0) is 88.7 Å². The van der Waals surface area contributed by atoms with Crippen LogP contribution in [0.15, 0.2) is 60.7 Å². The van der Waals surface area contributed by atoms with E-state index in [1.165, 1.54) is 0 Å². The molecule has 2 heterocycles. The Morgan fingerprint density at radius 3 is 1.71 bits per heavy atom. The fourth-order valence-electron chi connectivity index (χ4n) is 8.53. The number of hydrogen-bond acceptors (Lipinski definition) is 8. The topological polar surface area (TPSA) is 99.5 Å². The van der Waals surface area contributed by atoms with Gasteiger partial charge in [0, 0.05) is 24.4 Å². The van der Waals surface area contributed by atoms with Crippen LogP contribution in [0.3, 0.4) is 0 Å². The van der Waals surface area contributed by atoms with Crippen molar-refractivity contribution in [2.24, 2.45) is 11.8 Å². The Labute approximate surface area is 300 Å². The van der Waals surface area contributed by atoms with Crippen molar-refractivity contribution in [1.82, 2.24) is 9.80 Å². The zero-order valence-electron chi connectivity index (χ0n) is 29.6. The lowest BCUT2D eigenvalue weighted by molar-refractivity contribution is -0.181. The minimum absolute atomic E-state index is 0. The number of hydrogen-bond donors (Lipinski definition) is 2. The molecule has 4 fully saturated rings. The van der Waals surface area contributed by atoms with Crippen molar-refractivity contribution >= 4 is 24.3 Å². The molecule has 0 aromatic heterocycles. The molecule has 4 atom stereocenters. The highest BCUT2D eigenvalue weighted by atomic mass is 35.5. The second kappa shape index (κ2) is 18.7. The van der Waals surface area contributed by atoms with Crippen molar-refractivity contribution in [3.63, 3.8) is 0 Å². The Morgan fingerprint density at radius 2 is 1.20 bits per heavy atom. The molecular weight excluding hydrogens is 640 g/mol. The molecule has 272 valence electrons. The van der Waals surface area contributed by atoms with Gasteiger partial charge in [-0.2, -0.15) is 0 Å². The highest BCUT2D eigenvalue weighted by molar-refractivity contribution is 5.85. The van der Waals surface area contributed by atoms with Gasteiger partial charge in [-0.15, -0.1) is 12.4 Å². The molecule has 2 aromatic carbocycles. The Hall–Kier alpha value is -2.49. The van der Waals surface area contributed by atoms with Crippen LogP contribution in [0.4, 0.5) is 0 Å². The summed E-state index contributed by atoms with van der Waals surface area (Å²) < 4.78 is 11.5. The van der Waals surface area contributed by atoms with Crippen molar-refractivity contribution in [2.45, 2.75) is 114 Å². The fraction of sp³-hybridized carbons (Fsp3) is 0.650. The smallest absolute Gasteiger partial charge is 0.343 e. The number of halogens is 1. The van der Waals surface area contributed by atoms with Crippen molar-refractivity contribution in [1.29, 1.82) is 0 Å². The maximum Gasteiger partial charge on any atom is 0.343 e. The van der Waals surface area contributed by atoms with Crippen molar-refractivity contribution in [3.8, 4) is 0 Å². The van der Waals surface area contributed by atoms with Gasteiger partial charge in [-0.1, -0.05) is 100 Å². The van der Waals surface area contributed by atoms with E-state index < -0.39 is 23.1 Å². The number of piperidine rings is 1. The second-order valence-electron chi connectivity index (χ2n) is 14.3. The van der Waals surface area contributed by atoms with Crippen LogP contribution >= 0.6 is 12.4 Å². The van der Waals surface area contributed by atoms with Crippen molar-refractivity contribution in [2.75, 3.05) is 39.3 Å². The van der Waals surface area contributed by atoms with Gasteiger partial charge in [0.1, 0.15) is 12.7 Å². The average Bonchev–Trinajstić information content (AvgIpc) is 3.95. The first-order valence-corrected chi connectivity index (χ1v) is 18.7. The molecule has 0 bridgehead atoms. The van der Waals surface area contributed by atoms with Crippen LogP contribution in [0, 0.1) is 11.8 Å². The molecule has 0 radical (unpaired) electrons.